The molecule has 0 fully saturated rings. The Balaban J connectivity index is 2.17. The van der Waals surface area contributed by atoms with Crippen LogP contribution in [0.15, 0.2) is 36.4 Å². The molecule has 0 atom stereocenters. The van der Waals surface area contributed by atoms with Crippen LogP contribution in [0.25, 0.3) is 0 Å². The lowest BCUT2D eigenvalue weighted by atomic mass is 10.1. The summed E-state index contributed by atoms with van der Waals surface area (Å²) in [4.78, 5) is 0. The third kappa shape index (κ3) is 2.83. The van der Waals surface area contributed by atoms with Gasteiger partial charge in [-0.3, -0.25) is 0 Å². The predicted molar refractivity (Wildman–Crippen MR) is 71.0 cm³/mol. The first-order valence-corrected chi connectivity index (χ1v) is 5.78. The summed E-state index contributed by atoms with van der Waals surface area (Å²) in [5.74, 6) is 0.109. The first-order valence-electron chi connectivity index (χ1n) is 5.78. The molecule has 0 saturated heterocycles. The fourth-order valence-electron chi connectivity index (χ4n) is 1.76. The Morgan fingerprint density at radius 1 is 1.32 bits per heavy atom. The average molecular weight is 256 g/mol. The zero-order valence-electron chi connectivity index (χ0n) is 10.5. The highest BCUT2D eigenvalue weighted by molar-refractivity contribution is 5.56. The number of nitrogen functional groups attached to an aromatic ring is 1. The van der Waals surface area contributed by atoms with Gasteiger partial charge >= 0.3 is 0 Å². The third-order valence-corrected chi connectivity index (χ3v) is 2.80. The van der Waals surface area contributed by atoms with Crippen LogP contribution in [0.1, 0.15) is 16.7 Å². The van der Waals surface area contributed by atoms with E-state index in [1.807, 2.05) is 25.1 Å². The minimum Gasteiger partial charge on any atom is -0.486 e. The van der Waals surface area contributed by atoms with Crippen LogP contribution >= 0.6 is 0 Å². The van der Waals surface area contributed by atoms with Gasteiger partial charge in [0.15, 0.2) is 0 Å². The number of rotatable bonds is 3. The van der Waals surface area contributed by atoms with Crippen LogP contribution in [0.4, 0.5) is 10.1 Å². The number of nitriles is 1. The molecule has 4 heteroatoms. The van der Waals surface area contributed by atoms with Gasteiger partial charge in [-0.05, 0) is 30.7 Å². The first-order chi connectivity index (χ1) is 9.11. The number of anilines is 1. The molecule has 0 aliphatic carbocycles. The Morgan fingerprint density at radius 3 is 2.74 bits per heavy atom. The van der Waals surface area contributed by atoms with E-state index in [1.54, 1.807) is 18.2 Å². The minimum atomic E-state index is -0.453. The molecular formula is C15H13FN2O. The van der Waals surface area contributed by atoms with E-state index in [0.29, 0.717) is 17.0 Å². The van der Waals surface area contributed by atoms with E-state index in [1.165, 1.54) is 6.07 Å². The van der Waals surface area contributed by atoms with Crippen molar-refractivity contribution < 1.29 is 9.13 Å². The van der Waals surface area contributed by atoms with Gasteiger partial charge in [-0.1, -0.05) is 18.2 Å². The van der Waals surface area contributed by atoms with E-state index in [0.717, 1.165) is 5.56 Å². The summed E-state index contributed by atoms with van der Waals surface area (Å²) in [5.41, 5.74) is 7.91. The number of nitrogens with zero attached hydrogens (tertiary/aromatic N) is 1. The van der Waals surface area contributed by atoms with Gasteiger partial charge in [-0.2, -0.15) is 5.26 Å². The van der Waals surface area contributed by atoms with E-state index in [-0.39, 0.29) is 12.2 Å². The van der Waals surface area contributed by atoms with Crippen molar-refractivity contribution in [1.82, 2.24) is 0 Å². The van der Waals surface area contributed by atoms with E-state index >= 15 is 0 Å². The highest BCUT2D eigenvalue weighted by atomic mass is 19.1. The van der Waals surface area contributed by atoms with E-state index < -0.39 is 5.82 Å². The predicted octanol–water partition coefficient (Wildman–Crippen LogP) is 3.17. The van der Waals surface area contributed by atoms with Crippen molar-refractivity contribution in [3.63, 3.8) is 0 Å². The Hall–Kier alpha value is -2.54. The second-order valence-electron chi connectivity index (χ2n) is 4.20. The molecule has 0 aromatic heterocycles. The molecule has 2 N–H and O–H groups in total. The monoisotopic (exact) mass is 256 g/mol. The summed E-state index contributed by atoms with van der Waals surface area (Å²) < 4.78 is 19.2. The summed E-state index contributed by atoms with van der Waals surface area (Å²) in [5, 5.41) is 8.67. The Kier molecular flexibility index (Phi) is 3.67. The number of nitrogens with two attached hydrogens (primary N) is 1. The molecular weight excluding hydrogens is 243 g/mol. The number of para-hydroxylation sites is 1. The van der Waals surface area contributed by atoms with Crippen molar-refractivity contribution in [2.45, 2.75) is 13.5 Å². The van der Waals surface area contributed by atoms with Gasteiger partial charge in [-0.25, -0.2) is 4.39 Å². The van der Waals surface area contributed by atoms with Crippen LogP contribution in [0.5, 0.6) is 5.75 Å². The molecule has 0 bridgehead atoms. The van der Waals surface area contributed by atoms with Crippen molar-refractivity contribution in [3.8, 4) is 11.8 Å². The summed E-state index contributed by atoms with van der Waals surface area (Å²) >= 11 is 0. The fourth-order valence-corrected chi connectivity index (χ4v) is 1.76. The highest BCUT2D eigenvalue weighted by Gasteiger charge is 2.08. The molecule has 0 radical (unpaired) electrons. The molecule has 19 heavy (non-hydrogen) atoms. The maximum atomic E-state index is 13.7. The third-order valence-electron chi connectivity index (χ3n) is 2.80. The molecule has 96 valence electrons. The zero-order chi connectivity index (χ0) is 13.8. The van der Waals surface area contributed by atoms with Gasteiger partial charge in [-0.15, -0.1) is 0 Å². The number of aryl methyl sites for hydroxylation is 1. The molecule has 2 aromatic rings. The quantitative estimate of drug-likeness (QED) is 0.858. The molecule has 0 aliphatic rings. The van der Waals surface area contributed by atoms with E-state index in [2.05, 4.69) is 0 Å². The standard InChI is InChI=1S/C15H13FN2O/c1-10-3-2-4-14(18)15(10)19-9-12-6-5-11(8-17)7-13(12)16/h2-7H,9,18H2,1H3. The Bertz CT molecular complexity index is 627. The molecule has 2 aromatic carbocycles. The first kappa shape index (κ1) is 12.9. The molecule has 0 amide bonds. The maximum Gasteiger partial charge on any atom is 0.145 e. The zero-order valence-corrected chi connectivity index (χ0v) is 10.5. The molecule has 0 unspecified atom stereocenters. The summed E-state index contributed by atoms with van der Waals surface area (Å²) in [7, 11) is 0. The number of hydrogen-bond acceptors (Lipinski definition) is 3. The number of halogens is 1. The summed E-state index contributed by atoms with van der Waals surface area (Å²) in [6.45, 7) is 1.95. The number of hydrogen-bond donors (Lipinski definition) is 1. The van der Waals surface area contributed by atoms with Gasteiger partial charge in [0.05, 0.1) is 17.3 Å². The molecule has 0 heterocycles. The van der Waals surface area contributed by atoms with Crippen molar-refractivity contribution in [2.75, 3.05) is 5.73 Å². The van der Waals surface area contributed by atoms with Crippen LogP contribution in [0.2, 0.25) is 0 Å². The minimum absolute atomic E-state index is 0.0760. The van der Waals surface area contributed by atoms with Crippen molar-refractivity contribution in [1.29, 1.82) is 5.26 Å². The van der Waals surface area contributed by atoms with Crippen LogP contribution < -0.4 is 10.5 Å². The molecule has 0 aliphatic heterocycles. The largest absolute Gasteiger partial charge is 0.486 e. The Morgan fingerprint density at radius 2 is 2.11 bits per heavy atom. The van der Waals surface area contributed by atoms with E-state index in [4.69, 9.17) is 15.7 Å². The smallest absolute Gasteiger partial charge is 0.145 e. The second-order valence-corrected chi connectivity index (χ2v) is 4.20. The average Bonchev–Trinajstić information content (AvgIpc) is 2.39. The molecule has 2 rings (SSSR count). The van der Waals surface area contributed by atoms with Crippen LogP contribution in [0.3, 0.4) is 0 Å². The topological polar surface area (TPSA) is 59.0 Å². The Labute approximate surface area is 111 Å². The van der Waals surface area contributed by atoms with Crippen LogP contribution in [-0.2, 0) is 6.61 Å². The van der Waals surface area contributed by atoms with Crippen LogP contribution in [-0.4, -0.2) is 0 Å². The second kappa shape index (κ2) is 5.40. The SMILES string of the molecule is Cc1cccc(N)c1OCc1ccc(C#N)cc1F. The van der Waals surface area contributed by atoms with Gasteiger partial charge in [0.1, 0.15) is 18.2 Å². The van der Waals surface area contributed by atoms with E-state index in [9.17, 15) is 4.39 Å². The number of ether oxygens (including phenoxy) is 1. The lowest BCUT2D eigenvalue weighted by Gasteiger charge is -2.12. The molecule has 3 nitrogen and oxygen atoms in total. The van der Waals surface area contributed by atoms with Crippen LogP contribution in [0, 0.1) is 24.1 Å². The maximum absolute atomic E-state index is 13.7. The highest BCUT2D eigenvalue weighted by Crippen LogP contribution is 2.26. The summed E-state index contributed by atoms with van der Waals surface area (Å²) in [6, 6.07) is 11.6. The normalized spacial score (nSPS) is 9.95. The molecule has 0 spiro atoms. The van der Waals surface area contributed by atoms with Crippen molar-refractivity contribution in [2.24, 2.45) is 0 Å². The molecule has 0 saturated carbocycles. The summed E-state index contributed by atoms with van der Waals surface area (Å²) in [6.07, 6.45) is 0. The van der Waals surface area contributed by atoms with Gasteiger partial charge in [0.25, 0.3) is 0 Å². The van der Waals surface area contributed by atoms with Gasteiger partial charge in [0.2, 0.25) is 0 Å². The number of benzene rings is 2. The lowest BCUT2D eigenvalue weighted by Crippen LogP contribution is -2.02. The van der Waals surface area contributed by atoms with Gasteiger partial charge < -0.3 is 10.5 Å². The fraction of sp³-hybridized carbons (Fsp3) is 0.133. The lowest BCUT2D eigenvalue weighted by molar-refractivity contribution is 0.299. The van der Waals surface area contributed by atoms with Crippen molar-refractivity contribution in [3.05, 3.63) is 58.9 Å². The van der Waals surface area contributed by atoms with Crippen molar-refractivity contribution >= 4 is 5.69 Å². The van der Waals surface area contributed by atoms with Gasteiger partial charge in [0, 0.05) is 5.56 Å².